The van der Waals surface area contributed by atoms with Crippen LogP contribution >= 0.6 is 0 Å². The zero-order valence-electron chi connectivity index (χ0n) is 9.86. The van der Waals surface area contributed by atoms with Crippen molar-refractivity contribution in [2.24, 2.45) is 0 Å². The maximum atomic E-state index is 11.8. The number of benzene rings is 1. The molecule has 0 aliphatic carbocycles. The van der Waals surface area contributed by atoms with E-state index in [0.717, 1.165) is 5.56 Å². The van der Waals surface area contributed by atoms with Gasteiger partial charge >= 0.3 is 0 Å². The van der Waals surface area contributed by atoms with Crippen LogP contribution in [0.4, 0.5) is 4.39 Å². The monoisotopic (exact) mass is 260 g/mol. The van der Waals surface area contributed by atoms with Gasteiger partial charge in [0.15, 0.2) is 0 Å². The van der Waals surface area contributed by atoms with E-state index in [9.17, 15) is 12.8 Å². The molecule has 0 atom stereocenters. The number of rotatable bonds is 7. The van der Waals surface area contributed by atoms with Gasteiger partial charge in [0.1, 0.15) is 0 Å². The van der Waals surface area contributed by atoms with Gasteiger partial charge < -0.3 is 0 Å². The molecule has 0 fully saturated rings. The van der Waals surface area contributed by atoms with Gasteiger partial charge in [0.25, 0.3) is 10.1 Å². The average Bonchev–Trinajstić information content (AvgIpc) is 2.29. The summed E-state index contributed by atoms with van der Waals surface area (Å²) in [5, 5.41) is 0. The molecule has 0 spiro atoms. The Morgan fingerprint density at radius 1 is 1.12 bits per heavy atom. The summed E-state index contributed by atoms with van der Waals surface area (Å²) in [7, 11) is -3.66. The van der Waals surface area contributed by atoms with E-state index in [1.165, 1.54) is 12.1 Å². The van der Waals surface area contributed by atoms with Gasteiger partial charge in [-0.15, -0.1) is 0 Å². The fourth-order valence-corrected chi connectivity index (χ4v) is 2.26. The van der Waals surface area contributed by atoms with Gasteiger partial charge in [0.2, 0.25) is 0 Å². The predicted octanol–water partition coefficient (Wildman–Crippen LogP) is 2.84. The van der Waals surface area contributed by atoms with Crippen LogP contribution in [0.25, 0.3) is 0 Å². The number of halogens is 1. The molecule has 0 unspecified atom stereocenters. The largest absolute Gasteiger partial charge is 0.296 e. The van der Waals surface area contributed by atoms with Crippen LogP contribution in [0.3, 0.4) is 0 Å². The summed E-state index contributed by atoms with van der Waals surface area (Å²) in [5.74, 6) is 0. The molecule has 0 saturated heterocycles. The minimum Gasteiger partial charge on any atom is -0.266 e. The summed E-state index contributed by atoms with van der Waals surface area (Å²) < 4.78 is 40.0. The van der Waals surface area contributed by atoms with Crippen LogP contribution in [-0.2, 0) is 14.3 Å². The Morgan fingerprint density at radius 2 is 1.76 bits per heavy atom. The predicted molar refractivity (Wildman–Crippen MR) is 64.1 cm³/mol. The Labute approximate surface area is 102 Å². The van der Waals surface area contributed by atoms with E-state index in [0.29, 0.717) is 19.3 Å². The molecule has 1 aromatic rings. The maximum absolute atomic E-state index is 11.8. The van der Waals surface area contributed by atoms with Crippen molar-refractivity contribution < 1.29 is 17.0 Å². The molecule has 0 amide bonds. The molecule has 0 radical (unpaired) electrons. The van der Waals surface area contributed by atoms with Crippen molar-refractivity contribution in [2.45, 2.75) is 31.1 Å². The lowest BCUT2D eigenvalue weighted by Crippen LogP contribution is -2.07. The first-order valence-corrected chi connectivity index (χ1v) is 6.99. The van der Waals surface area contributed by atoms with E-state index in [-0.39, 0.29) is 18.2 Å². The lowest BCUT2D eigenvalue weighted by atomic mass is 10.2. The highest BCUT2D eigenvalue weighted by molar-refractivity contribution is 7.86. The number of alkyl halides is 1. The molecular weight excluding hydrogens is 243 g/mol. The number of hydrogen-bond acceptors (Lipinski definition) is 3. The molecular formula is C12H17FO3S. The zero-order valence-corrected chi connectivity index (χ0v) is 10.7. The third-order valence-corrected chi connectivity index (χ3v) is 3.65. The SMILES string of the molecule is Cc1ccc(S(=O)(=O)OCCCCCF)cc1. The Balaban J connectivity index is 2.48. The topological polar surface area (TPSA) is 43.4 Å². The van der Waals surface area contributed by atoms with Gasteiger partial charge in [-0.05, 0) is 38.3 Å². The molecule has 5 heteroatoms. The lowest BCUT2D eigenvalue weighted by molar-refractivity contribution is 0.303. The summed E-state index contributed by atoms with van der Waals surface area (Å²) in [5.41, 5.74) is 0.992. The van der Waals surface area contributed by atoms with E-state index in [4.69, 9.17) is 4.18 Å². The van der Waals surface area contributed by atoms with E-state index < -0.39 is 10.1 Å². The first kappa shape index (κ1) is 14.1. The Morgan fingerprint density at radius 3 is 2.35 bits per heavy atom. The maximum Gasteiger partial charge on any atom is 0.296 e. The molecule has 0 aliphatic rings. The quantitative estimate of drug-likeness (QED) is 0.559. The van der Waals surface area contributed by atoms with Gasteiger partial charge in [-0.2, -0.15) is 8.42 Å². The number of hydrogen-bond donors (Lipinski definition) is 0. The fourth-order valence-electron chi connectivity index (χ4n) is 1.31. The molecule has 0 heterocycles. The summed E-state index contributed by atoms with van der Waals surface area (Å²) in [6, 6.07) is 6.48. The van der Waals surface area contributed by atoms with Gasteiger partial charge in [0.05, 0.1) is 18.2 Å². The van der Waals surface area contributed by atoms with Crippen LogP contribution < -0.4 is 0 Å². The molecule has 0 bridgehead atoms. The van der Waals surface area contributed by atoms with Crippen LogP contribution in [0.5, 0.6) is 0 Å². The summed E-state index contributed by atoms with van der Waals surface area (Å²) in [6.07, 6.45) is 1.64. The summed E-state index contributed by atoms with van der Waals surface area (Å²) >= 11 is 0. The van der Waals surface area contributed by atoms with Crippen molar-refractivity contribution in [3.8, 4) is 0 Å². The van der Waals surface area contributed by atoms with Crippen LogP contribution in [0.15, 0.2) is 29.2 Å². The Hall–Kier alpha value is -0.940. The first-order valence-electron chi connectivity index (χ1n) is 5.58. The lowest BCUT2D eigenvalue weighted by Gasteiger charge is -2.05. The highest BCUT2D eigenvalue weighted by Gasteiger charge is 2.13. The minimum atomic E-state index is -3.66. The van der Waals surface area contributed by atoms with Crippen molar-refractivity contribution in [1.29, 1.82) is 0 Å². The molecule has 96 valence electrons. The van der Waals surface area contributed by atoms with Crippen molar-refractivity contribution in [2.75, 3.05) is 13.3 Å². The first-order chi connectivity index (χ1) is 8.06. The van der Waals surface area contributed by atoms with Gasteiger partial charge in [0, 0.05) is 0 Å². The Kier molecular flexibility index (Phi) is 5.58. The smallest absolute Gasteiger partial charge is 0.266 e. The van der Waals surface area contributed by atoms with Crippen molar-refractivity contribution in [3.63, 3.8) is 0 Å². The molecule has 17 heavy (non-hydrogen) atoms. The highest BCUT2D eigenvalue weighted by Crippen LogP contribution is 2.13. The third-order valence-electron chi connectivity index (χ3n) is 2.33. The summed E-state index contributed by atoms with van der Waals surface area (Å²) in [4.78, 5) is 0.161. The Bertz CT molecular complexity index is 426. The second kappa shape index (κ2) is 6.71. The molecule has 3 nitrogen and oxygen atoms in total. The van der Waals surface area contributed by atoms with Crippen molar-refractivity contribution in [3.05, 3.63) is 29.8 Å². The molecule has 0 aliphatic heterocycles. The average molecular weight is 260 g/mol. The molecule has 1 aromatic carbocycles. The fraction of sp³-hybridized carbons (Fsp3) is 0.500. The van der Waals surface area contributed by atoms with Gasteiger partial charge in [-0.1, -0.05) is 17.7 Å². The van der Waals surface area contributed by atoms with E-state index in [1.807, 2.05) is 6.92 Å². The van der Waals surface area contributed by atoms with Crippen molar-refractivity contribution in [1.82, 2.24) is 0 Å². The molecule has 1 rings (SSSR count). The van der Waals surface area contributed by atoms with Crippen LogP contribution in [0, 0.1) is 6.92 Å². The van der Waals surface area contributed by atoms with Crippen LogP contribution in [0.1, 0.15) is 24.8 Å². The van der Waals surface area contributed by atoms with Gasteiger partial charge in [-0.3, -0.25) is 8.57 Å². The standard InChI is InChI=1S/C12H17FO3S/c1-11-5-7-12(8-6-11)17(14,15)16-10-4-2-3-9-13/h5-8H,2-4,9-10H2,1H3. The van der Waals surface area contributed by atoms with Crippen LogP contribution in [0.2, 0.25) is 0 Å². The van der Waals surface area contributed by atoms with Crippen molar-refractivity contribution >= 4 is 10.1 Å². The zero-order chi connectivity index (χ0) is 12.7. The second-order valence-corrected chi connectivity index (χ2v) is 5.45. The van der Waals surface area contributed by atoms with Gasteiger partial charge in [-0.25, -0.2) is 0 Å². The molecule has 0 N–H and O–H groups in total. The van der Waals surface area contributed by atoms with E-state index in [2.05, 4.69) is 0 Å². The van der Waals surface area contributed by atoms with E-state index >= 15 is 0 Å². The normalized spacial score (nSPS) is 11.6. The van der Waals surface area contributed by atoms with Crippen LogP contribution in [-0.4, -0.2) is 21.7 Å². The summed E-state index contributed by atoms with van der Waals surface area (Å²) in [6.45, 7) is 1.62. The number of aryl methyl sites for hydroxylation is 1. The molecule has 0 aromatic heterocycles. The van der Waals surface area contributed by atoms with E-state index in [1.54, 1.807) is 12.1 Å². The second-order valence-electron chi connectivity index (χ2n) is 3.84. The third kappa shape index (κ3) is 4.83. The minimum absolute atomic E-state index is 0.107. The highest BCUT2D eigenvalue weighted by atomic mass is 32.2. The number of unbranched alkanes of at least 4 members (excludes halogenated alkanes) is 2. The molecule has 0 saturated carbocycles.